The van der Waals surface area contributed by atoms with Crippen molar-refractivity contribution in [3.8, 4) is 0 Å². The molecular weight excluding hydrogens is 332 g/mol. The molecule has 0 aliphatic carbocycles. The summed E-state index contributed by atoms with van der Waals surface area (Å²) in [6.45, 7) is 4.45. The van der Waals surface area contributed by atoms with Gasteiger partial charge in [0.1, 0.15) is 0 Å². The Bertz CT molecular complexity index is 338. The molecule has 0 amide bonds. The van der Waals surface area contributed by atoms with Crippen molar-refractivity contribution in [2.24, 2.45) is 5.92 Å². The number of aromatic nitrogens is 1. The highest BCUT2D eigenvalue weighted by Crippen LogP contribution is 2.31. The summed E-state index contributed by atoms with van der Waals surface area (Å²) < 4.78 is 2.07. The minimum Gasteiger partial charge on any atom is -0.311 e. The van der Waals surface area contributed by atoms with Gasteiger partial charge in [0.15, 0.2) is 0 Å². The van der Waals surface area contributed by atoms with E-state index in [-0.39, 0.29) is 0 Å². The van der Waals surface area contributed by atoms with E-state index < -0.39 is 0 Å². The quantitative estimate of drug-likeness (QED) is 0.857. The first-order valence-corrected chi connectivity index (χ1v) is 7.20. The van der Waals surface area contributed by atoms with Crippen LogP contribution in [-0.4, -0.2) is 12.0 Å². The normalized spacial score (nSPS) is 13.1. The molecule has 1 aromatic heterocycles. The molecule has 0 saturated heterocycles. The molecule has 90 valence electrons. The molecular formula is C12H18Br2N2. The Labute approximate surface area is 114 Å². The van der Waals surface area contributed by atoms with Gasteiger partial charge in [-0.1, -0.05) is 26.7 Å². The summed E-state index contributed by atoms with van der Waals surface area (Å²) in [6, 6.07) is 2.37. The predicted octanol–water partition coefficient (Wildman–Crippen LogP) is 4.30. The van der Waals surface area contributed by atoms with Gasteiger partial charge in [0, 0.05) is 15.1 Å². The zero-order valence-corrected chi connectivity index (χ0v) is 13.1. The lowest BCUT2D eigenvalue weighted by molar-refractivity contribution is 0.352. The molecule has 1 aromatic rings. The minimum absolute atomic E-state index is 0.317. The van der Waals surface area contributed by atoms with Gasteiger partial charge in [-0.05, 0) is 50.9 Å². The summed E-state index contributed by atoms with van der Waals surface area (Å²) >= 11 is 7.01. The van der Waals surface area contributed by atoms with E-state index >= 15 is 0 Å². The minimum atomic E-state index is 0.317. The van der Waals surface area contributed by atoms with Gasteiger partial charge in [0.25, 0.3) is 0 Å². The van der Waals surface area contributed by atoms with Gasteiger partial charge in [0.05, 0.1) is 11.7 Å². The van der Waals surface area contributed by atoms with Crippen molar-refractivity contribution in [1.82, 2.24) is 10.3 Å². The van der Waals surface area contributed by atoms with E-state index in [0.29, 0.717) is 12.0 Å². The zero-order valence-electron chi connectivity index (χ0n) is 9.93. The number of hydrogen-bond donors (Lipinski definition) is 1. The fourth-order valence-electron chi connectivity index (χ4n) is 2.01. The van der Waals surface area contributed by atoms with Crippen LogP contribution in [0.2, 0.25) is 0 Å². The molecule has 0 saturated carbocycles. The van der Waals surface area contributed by atoms with Crippen LogP contribution in [0.15, 0.2) is 21.2 Å². The van der Waals surface area contributed by atoms with Gasteiger partial charge in [-0.15, -0.1) is 0 Å². The largest absolute Gasteiger partial charge is 0.311 e. The Morgan fingerprint density at radius 1 is 1.31 bits per heavy atom. The molecule has 1 N–H and O–H groups in total. The maximum Gasteiger partial charge on any atom is 0.0718 e. The summed E-state index contributed by atoms with van der Waals surface area (Å²) in [5.41, 5.74) is 1.10. The number of rotatable bonds is 5. The maximum atomic E-state index is 4.51. The van der Waals surface area contributed by atoms with E-state index in [4.69, 9.17) is 0 Å². The summed E-state index contributed by atoms with van der Waals surface area (Å²) in [6.07, 6.45) is 4.17. The topological polar surface area (TPSA) is 24.9 Å². The first kappa shape index (κ1) is 14.1. The molecule has 4 heteroatoms. The van der Waals surface area contributed by atoms with E-state index in [1.807, 2.05) is 13.2 Å². The Kier molecular flexibility index (Phi) is 5.94. The second-order valence-electron chi connectivity index (χ2n) is 3.86. The molecule has 0 aliphatic rings. The van der Waals surface area contributed by atoms with Crippen LogP contribution >= 0.6 is 31.9 Å². The van der Waals surface area contributed by atoms with E-state index in [1.165, 1.54) is 0 Å². The molecule has 16 heavy (non-hydrogen) atoms. The van der Waals surface area contributed by atoms with Gasteiger partial charge >= 0.3 is 0 Å². The molecule has 0 aliphatic heterocycles. The zero-order chi connectivity index (χ0) is 12.1. The molecule has 1 rings (SSSR count). The van der Waals surface area contributed by atoms with Crippen LogP contribution < -0.4 is 5.32 Å². The van der Waals surface area contributed by atoms with E-state index in [9.17, 15) is 0 Å². The van der Waals surface area contributed by atoms with Crippen LogP contribution in [0.5, 0.6) is 0 Å². The number of nitrogens with one attached hydrogen (secondary N) is 1. The molecule has 0 aromatic carbocycles. The second-order valence-corrected chi connectivity index (χ2v) is 5.63. The monoisotopic (exact) mass is 348 g/mol. The highest BCUT2D eigenvalue weighted by molar-refractivity contribution is 9.11. The Balaban J connectivity index is 3.03. The third-order valence-electron chi connectivity index (χ3n) is 2.96. The lowest BCUT2D eigenvalue weighted by Crippen LogP contribution is -2.26. The molecule has 1 unspecified atom stereocenters. The first-order chi connectivity index (χ1) is 7.63. The lowest BCUT2D eigenvalue weighted by Gasteiger charge is -2.25. The smallest absolute Gasteiger partial charge is 0.0718 e. The summed E-state index contributed by atoms with van der Waals surface area (Å²) in [5.74, 6) is 0.620. The van der Waals surface area contributed by atoms with Crippen LogP contribution in [0, 0.1) is 5.92 Å². The Morgan fingerprint density at radius 3 is 2.38 bits per heavy atom. The van der Waals surface area contributed by atoms with Gasteiger partial charge < -0.3 is 5.32 Å². The Morgan fingerprint density at radius 2 is 1.94 bits per heavy atom. The van der Waals surface area contributed by atoms with Crippen LogP contribution in [0.1, 0.15) is 38.4 Å². The van der Waals surface area contributed by atoms with Crippen molar-refractivity contribution in [3.63, 3.8) is 0 Å². The summed E-state index contributed by atoms with van der Waals surface area (Å²) in [5, 5.41) is 3.37. The molecule has 1 atom stereocenters. The van der Waals surface area contributed by atoms with Crippen LogP contribution in [0.4, 0.5) is 0 Å². The van der Waals surface area contributed by atoms with Crippen molar-refractivity contribution in [1.29, 1.82) is 0 Å². The SMILES string of the molecule is CCC(CC)C(NC)c1ncc(Br)cc1Br. The molecule has 2 nitrogen and oxygen atoms in total. The highest BCUT2D eigenvalue weighted by Gasteiger charge is 2.22. The average molecular weight is 350 g/mol. The Hall–Kier alpha value is 0.0700. The van der Waals surface area contributed by atoms with E-state index in [0.717, 1.165) is 27.5 Å². The van der Waals surface area contributed by atoms with E-state index in [2.05, 4.69) is 62.1 Å². The lowest BCUT2D eigenvalue weighted by atomic mass is 9.91. The standard InChI is InChI=1S/C12H18Br2N2/c1-4-8(5-2)11(15-3)12-10(14)6-9(13)7-16-12/h6-8,11,15H,4-5H2,1-3H3. The van der Waals surface area contributed by atoms with Crippen LogP contribution in [-0.2, 0) is 0 Å². The fourth-order valence-corrected chi connectivity index (χ4v) is 3.24. The van der Waals surface area contributed by atoms with Gasteiger partial charge in [0.2, 0.25) is 0 Å². The van der Waals surface area contributed by atoms with Crippen LogP contribution in [0.25, 0.3) is 0 Å². The third kappa shape index (κ3) is 3.28. The van der Waals surface area contributed by atoms with Crippen molar-refractivity contribution in [3.05, 3.63) is 26.9 Å². The summed E-state index contributed by atoms with van der Waals surface area (Å²) in [7, 11) is 2.00. The highest BCUT2D eigenvalue weighted by atomic mass is 79.9. The number of hydrogen-bond acceptors (Lipinski definition) is 2. The van der Waals surface area contributed by atoms with Crippen molar-refractivity contribution >= 4 is 31.9 Å². The first-order valence-electron chi connectivity index (χ1n) is 5.62. The van der Waals surface area contributed by atoms with Crippen LogP contribution in [0.3, 0.4) is 0 Å². The third-order valence-corrected chi connectivity index (χ3v) is 4.03. The number of pyridine rings is 1. The average Bonchev–Trinajstić information content (AvgIpc) is 2.27. The maximum absolute atomic E-state index is 4.51. The van der Waals surface area contributed by atoms with Crippen molar-refractivity contribution < 1.29 is 0 Å². The van der Waals surface area contributed by atoms with Crippen molar-refractivity contribution in [2.75, 3.05) is 7.05 Å². The molecule has 0 fully saturated rings. The van der Waals surface area contributed by atoms with E-state index in [1.54, 1.807) is 0 Å². The van der Waals surface area contributed by atoms with Crippen molar-refractivity contribution in [2.45, 2.75) is 32.7 Å². The van der Waals surface area contributed by atoms with Gasteiger partial charge in [-0.3, -0.25) is 4.98 Å². The van der Waals surface area contributed by atoms with Gasteiger partial charge in [-0.25, -0.2) is 0 Å². The fraction of sp³-hybridized carbons (Fsp3) is 0.583. The predicted molar refractivity (Wildman–Crippen MR) is 75.5 cm³/mol. The molecule has 0 spiro atoms. The number of halogens is 2. The van der Waals surface area contributed by atoms with Gasteiger partial charge in [-0.2, -0.15) is 0 Å². The molecule has 0 radical (unpaired) electrons. The molecule has 0 bridgehead atoms. The number of nitrogens with zero attached hydrogens (tertiary/aromatic N) is 1. The summed E-state index contributed by atoms with van der Waals surface area (Å²) in [4.78, 5) is 4.51. The molecule has 1 heterocycles. The second kappa shape index (κ2) is 6.72.